The molecule has 2 amide bonds. The number of hydroxylamine groups is 5. The summed E-state index contributed by atoms with van der Waals surface area (Å²) in [5.74, 6) is 0.0419. The van der Waals surface area contributed by atoms with Crippen molar-refractivity contribution >= 4 is 11.8 Å². The molecule has 3 unspecified atom stereocenters. The Morgan fingerprint density at radius 3 is 1.57 bits per heavy atom. The first kappa shape index (κ1) is 36.0. The van der Waals surface area contributed by atoms with Gasteiger partial charge in [0.25, 0.3) is 11.8 Å². The maximum Gasteiger partial charge on any atom is 0.256 e. The summed E-state index contributed by atoms with van der Waals surface area (Å²) in [6.07, 6.45) is 5.26. The van der Waals surface area contributed by atoms with Gasteiger partial charge in [-0.15, -0.1) is 6.58 Å². The maximum absolute atomic E-state index is 12.5. The van der Waals surface area contributed by atoms with Crippen molar-refractivity contribution in [3.63, 3.8) is 0 Å². The van der Waals surface area contributed by atoms with Crippen LogP contribution in [0.15, 0.2) is 104 Å². The SMILES string of the molecule is C=CC(C)(C)C(=O)N1OCCC1c1ccccc1.CCC(C)(C)C(=O)N1OCCC1c1ccccc1.c1ccc(C2CCON2)cc1. The largest absolute Gasteiger partial charge is 0.301 e. The highest BCUT2D eigenvalue weighted by atomic mass is 16.7. The highest BCUT2D eigenvalue weighted by Gasteiger charge is 2.39. The first-order valence-corrected chi connectivity index (χ1v) is 16.7. The monoisotopic (exact) mass is 641 g/mol. The molecule has 3 saturated heterocycles. The normalized spacial score (nSPS) is 20.9. The van der Waals surface area contributed by atoms with E-state index in [0.717, 1.165) is 43.4 Å². The van der Waals surface area contributed by atoms with E-state index in [9.17, 15) is 9.59 Å². The number of carbonyl (C=O) groups excluding carboxylic acids is 2. The molecule has 0 aromatic heterocycles. The summed E-state index contributed by atoms with van der Waals surface area (Å²) in [5, 5.41) is 3.09. The molecule has 3 fully saturated rings. The van der Waals surface area contributed by atoms with Crippen molar-refractivity contribution in [3.05, 3.63) is 120 Å². The molecule has 252 valence electrons. The molecular formula is C39H51N3O5. The number of nitrogens with one attached hydrogen (secondary N) is 1. The fourth-order valence-corrected chi connectivity index (χ4v) is 5.43. The molecule has 0 bridgehead atoms. The number of benzene rings is 3. The van der Waals surface area contributed by atoms with Crippen LogP contribution < -0.4 is 5.48 Å². The molecule has 3 aliphatic rings. The van der Waals surface area contributed by atoms with Crippen molar-refractivity contribution in [1.29, 1.82) is 0 Å². The molecule has 3 aromatic carbocycles. The number of amides is 2. The Hall–Kier alpha value is -3.82. The minimum absolute atomic E-state index is 0.0120. The lowest BCUT2D eigenvalue weighted by Gasteiger charge is -2.30. The number of nitrogens with zero attached hydrogens (tertiary/aromatic N) is 2. The molecule has 6 rings (SSSR count). The van der Waals surface area contributed by atoms with Crippen LogP contribution >= 0.6 is 0 Å². The average Bonchev–Trinajstić information content (AvgIpc) is 3.92. The van der Waals surface area contributed by atoms with Crippen LogP contribution in [0.2, 0.25) is 0 Å². The molecule has 0 spiro atoms. The van der Waals surface area contributed by atoms with E-state index in [1.165, 1.54) is 10.6 Å². The van der Waals surface area contributed by atoms with E-state index < -0.39 is 5.41 Å². The minimum Gasteiger partial charge on any atom is -0.301 e. The Morgan fingerprint density at radius 1 is 0.723 bits per heavy atom. The lowest BCUT2D eigenvalue weighted by Crippen LogP contribution is -2.39. The fraction of sp³-hybridized carbons (Fsp3) is 0.436. The lowest BCUT2D eigenvalue weighted by atomic mass is 9.88. The number of rotatable bonds is 7. The van der Waals surface area contributed by atoms with E-state index in [-0.39, 0.29) is 29.3 Å². The first-order valence-electron chi connectivity index (χ1n) is 16.7. The molecule has 47 heavy (non-hydrogen) atoms. The van der Waals surface area contributed by atoms with Crippen molar-refractivity contribution in [1.82, 2.24) is 15.6 Å². The molecule has 0 aliphatic carbocycles. The zero-order valence-electron chi connectivity index (χ0n) is 28.6. The molecule has 0 saturated carbocycles. The van der Waals surface area contributed by atoms with Crippen molar-refractivity contribution in [2.45, 2.75) is 78.4 Å². The highest BCUT2D eigenvalue weighted by molar-refractivity contribution is 5.83. The zero-order valence-corrected chi connectivity index (χ0v) is 28.6. The molecule has 1 N–H and O–H groups in total. The van der Waals surface area contributed by atoms with E-state index in [2.05, 4.69) is 48.5 Å². The van der Waals surface area contributed by atoms with Gasteiger partial charge in [-0.05, 0) is 43.4 Å². The second-order valence-electron chi connectivity index (χ2n) is 13.2. The van der Waals surface area contributed by atoms with Gasteiger partial charge in [0.05, 0.1) is 43.4 Å². The number of hydrogen-bond acceptors (Lipinski definition) is 6. The van der Waals surface area contributed by atoms with Gasteiger partial charge in [0.15, 0.2) is 0 Å². The van der Waals surface area contributed by atoms with E-state index in [1.54, 1.807) is 11.1 Å². The Morgan fingerprint density at radius 2 is 1.17 bits per heavy atom. The van der Waals surface area contributed by atoms with E-state index in [4.69, 9.17) is 14.5 Å². The van der Waals surface area contributed by atoms with Gasteiger partial charge < -0.3 is 4.84 Å². The quantitative estimate of drug-likeness (QED) is 0.263. The standard InChI is InChI=1S/C15H21NO2.C15H19NO2.C9H11NO/c2*1-4-15(2,3)14(17)16-13(10-11-18-16)12-8-6-5-7-9-12;1-2-4-8(5-3-1)9-6-7-11-10-9/h5-9,13H,4,10-11H2,1-3H3;4-9,13H,1,10-11H2,2-3H3;1-5,9-10H,6-7H2. The Kier molecular flexibility index (Phi) is 12.9. The molecule has 8 nitrogen and oxygen atoms in total. The van der Waals surface area contributed by atoms with Crippen LogP contribution in [0, 0.1) is 10.8 Å². The van der Waals surface area contributed by atoms with Crippen molar-refractivity contribution in [2.75, 3.05) is 19.8 Å². The van der Waals surface area contributed by atoms with Crippen LogP contribution in [0.1, 0.15) is 95.1 Å². The summed E-state index contributed by atoms with van der Waals surface area (Å²) in [4.78, 5) is 41.0. The Labute approximate surface area is 280 Å². The summed E-state index contributed by atoms with van der Waals surface area (Å²) in [6.45, 7) is 15.4. The Balaban J connectivity index is 0.000000164. The van der Waals surface area contributed by atoms with Crippen molar-refractivity contribution < 1.29 is 24.1 Å². The summed E-state index contributed by atoms with van der Waals surface area (Å²) in [7, 11) is 0. The highest BCUT2D eigenvalue weighted by Crippen LogP contribution is 2.36. The smallest absolute Gasteiger partial charge is 0.256 e. The molecular weight excluding hydrogens is 590 g/mol. The lowest BCUT2D eigenvalue weighted by molar-refractivity contribution is -0.187. The van der Waals surface area contributed by atoms with Crippen LogP contribution in [0.4, 0.5) is 0 Å². The summed E-state index contributed by atoms with van der Waals surface area (Å²) in [5.41, 5.74) is 5.58. The van der Waals surface area contributed by atoms with E-state index >= 15 is 0 Å². The van der Waals surface area contributed by atoms with Crippen LogP contribution in [0.25, 0.3) is 0 Å². The second-order valence-corrected chi connectivity index (χ2v) is 13.2. The third kappa shape index (κ3) is 9.39. The second kappa shape index (κ2) is 16.8. The minimum atomic E-state index is -0.600. The van der Waals surface area contributed by atoms with Crippen LogP contribution in [0.3, 0.4) is 0 Å². The molecule has 3 aliphatic heterocycles. The van der Waals surface area contributed by atoms with E-state index in [0.29, 0.717) is 19.3 Å². The van der Waals surface area contributed by atoms with Gasteiger partial charge in [0.2, 0.25) is 0 Å². The van der Waals surface area contributed by atoms with Gasteiger partial charge in [0, 0.05) is 18.3 Å². The third-order valence-electron chi connectivity index (χ3n) is 9.04. The maximum atomic E-state index is 12.5. The summed E-state index contributed by atoms with van der Waals surface area (Å²) < 4.78 is 0. The molecule has 3 aromatic rings. The van der Waals surface area contributed by atoms with Gasteiger partial charge in [-0.2, -0.15) is 5.48 Å². The van der Waals surface area contributed by atoms with Crippen molar-refractivity contribution in [3.8, 4) is 0 Å². The molecule has 3 atom stereocenters. The van der Waals surface area contributed by atoms with Gasteiger partial charge in [-0.1, -0.05) is 118 Å². The molecule has 0 radical (unpaired) electrons. The third-order valence-corrected chi connectivity index (χ3v) is 9.04. The van der Waals surface area contributed by atoms with E-state index in [1.807, 2.05) is 89.2 Å². The predicted molar refractivity (Wildman–Crippen MR) is 184 cm³/mol. The zero-order chi connectivity index (χ0) is 33.9. The predicted octanol–water partition coefficient (Wildman–Crippen LogP) is 8.08. The van der Waals surface area contributed by atoms with Crippen LogP contribution in [0.5, 0.6) is 0 Å². The fourth-order valence-electron chi connectivity index (χ4n) is 5.43. The average molecular weight is 642 g/mol. The van der Waals surface area contributed by atoms with Crippen molar-refractivity contribution in [2.24, 2.45) is 10.8 Å². The van der Waals surface area contributed by atoms with Crippen LogP contribution in [-0.2, 0) is 24.1 Å². The van der Waals surface area contributed by atoms with Gasteiger partial charge in [-0.3, -0.25) is 19.3 Å². The van der Waals surface area contributed by atoms with Gasteiger partial charge >= 0.3 is 0 Å². The van der Waals surface area contributed by atoms with Gasteiger partial charge in [-0.25, -0.2) is 10.1 Å². The number of hydrogen-bond donors (Lipinski definition) is 1. The summed E-state index contributed by atoms with van der Waals surface area (Å²) >= 11 is 0. The topological polar surface area (TPSA) is 80.3 Å². The van der Waals surface area contributed by atoms with Crippen LogP contribution in [-0.4, -0.2) is 41.8 Å². The molecule has 3 heterocycles. The Bertz CT molecular complexity index is 1410. The first-order chi connectivity index (χ1) is 22.6. The molecule has 8 heteroatoms. The number of carbonyl (C=O) groups is 2. The van der Waals surface area contributed by atoms with Gasteiger partial charge in [0.1, 0.15) is 0 Å². The summed E-state index contributed by atoms with van der Waals surface area (Å²) in [6, 6.07) is 30.9.